The van der Waals surface area contributed by atoms with Gasteiger partial charge in [0.1, 0.15) is 23.2 Å². The zero-order valence-electron chi connectivity index (χ0n) is 10.4. The molecular formula is C14H8Br2N2O3. The second-order valence-electron chi connectivity index (χ2n) is 3.94. The molecule has 2 aromatic rings. The van der Waals surface area contributed by atoms with Crippen LogP contribution in [0.3, 0.4) is 0 Å². The number of nitriles is 1. The van der Waals surface area contributed by atoms with Gasteiger partial charge in [0.15, 0.2) is 4.67 Å². The number of anilines is 1. The molecule has 0 unspecified atom stereocenters. The minimum absolute atomic E-state index is 0.0920. The molecule has 1 aromatic carbocycles. The molecule has 0 spiro atoms. The lowest BCUT2D eigenvalue weighted by molar-refractivity contribution is -0.112. The number of phenols is 1. The Labute approximate surface area is 137 Å². The number of benzene rings is 1. The number of amides is 1. The number of hydrogen-bond donors (Lipinski definition) is 2. The molecular weight excluding hydrogens is 404 g/mol. The first kappa shape index (κ1) is 15.4. The Kier molecular flexibility index (Phi) is 4.83. The molecule has 0 radical (unpaired) electrons. The minimum atomic E-state index is -0.563. The zero-order chi connectivity index (χ0) is 15.4. The van der Waals surface area contributed by atoms with E-state index in [4.69, 9.17) is 9.68 Å². The summed E-state index contributed by atoms with van der Waals surface area (Å²) in [6.07, 6.45) is 1.34. The Hall–Kier alpha value is -2.04. The summed E-state index contributed by atoms with van der Waals surface area (Å²) < 4.78 is 6.45. The molecule has 7 heteroatoms. The van der Waals surface area contributed by atoms with E-state index in [-0.39, 0.29) is 11.3 Å². The van der Waals surface area contributed by atoms with Gasteiger partial charge in [-0.15, -0.1) is 0 Å². The van der Waals surface area contributed by atoms with Crippen molar-refractivity contribution in [1.29, 1.82) is 5.26 Å². The average molecular weight is 412 g/mol. The van der Waals surface area contributed by atoms with E-state index in [9.17, 15) is 9.90 Å². The fraction of sp³-hybridized carbons (Fsp3) is 0. The van der Waals surface area contributed by atoms with Gasteiger partial charge in [0, 0.05) is 11.8 Å². The van der Waals surface area contributed by atoms with Crippen molar-refractivity contribution in [2.45, 2.75) is 0 Å². The van der Waals surface area contributed by atoms with E-state index >= 15 is 0 Å². The van der Waals surface area contributed by atoms with Gasteiger partial charge in [-0.25, -0.2) is 0 Å². The predicted molar refractivity (Wildman–Crippen MR) is 84.4 cm³/mol. The maximum Gasteiger partial charge on any atom is 0.266 e. The molecule has 106 valence electrons. The second-order valence-corrected chi connectivity index (χ2v) is 5.52. The molecule has 0 saturated heterocycles. The summed E-state index contributed by atoms with van der Waals surface area (Å²) in [5, 5.41) is 20.8. The Morgan fingerprint density at radius 1 is 1.33 bits per heavy atom. The topological polar surface area (TPSA) is 86.3 Å². The van der Waals surface area contributed by atoms with Gasteiger partial charge in [-0.1, -0.05) is 0 Å². The van der Waals surface area contributed by atoms with Gasteiger partial charge in [0.25, 0.3) is 5.91 Å². The molecule has 0 saturated carbocycles. The summed E-state index contributed by atoms with van der Waals surface area (Å²) in [7, 11) is 0. The van der Waals surface area contributed by atoms with Crippen LogP contribution in [0, 0.1) is 11.3 Å². The highest BCUT2D eigenvalue weighted by Crippen LogP contribution is 2.28. The largest absolute Gasteiger partial charge is 0.508 e. The number of nitrogens with one attached hydrogen (secondary N) is 1. The summed E-state index contributed by atoms with van der Waals surface area (Å²) in [6, 6.07) is 9.39. The van der Waals surface area contributed by atoms with Crippen molar-refractivity contribution in [2.24, 2.45) is 0 Å². The maximum atomic E-state index is 12.0. The fourth-order valence-electron chi connectivity index (χ4n) is 1.47. The van der Waals surface area contributed by atoms with Crippen LogP contribution in [0.2, 0.25) is 0 Å². The van der Waals surface area contributed by atoms with E-state index in [1.807, 2.05) is 6.07 Å². The third-order valence-electron chi connectivity index (χ3n) is 2.44. The molecule has 0 aliphatic carbocycles. The van der Waals surface area contributed by atoms with Crippen LogP contribution in [0.1, 0.15) is 5.76 Å². The van der Waals surface area contributed by atoms with Crippen molar-refractivity contribution in [3.8, 4) is 11.8 Å². The van der Waals surface area contributed by atoms with Crippen LogP contribution in [0.5, 0.6) is 5.75 Å². The highest BCUT2D eigenvalue weighted by atomic mass is 79.9. The molecule has 0 bridgehead atoms. The lowest BCUT2D eigenvalue weighted by Crippen LogP contribution is -2.13. The number of halogens is 2. The number of furan rings is 1. The standard InChI is InChI=1S/C14H8Br2N2O3/c15-12-6-11(21-13(12)16)5-8(7-17)14(20)18-9-1-3-10(19)4-2-9/h1-6,19H,(H,18,20)/b8-5-. The third-order valence-corrected chi connectivity index (χ3v) is 4.15. The number of carbonyl (C=O) groups is 1. The Morgan fingerprint density at radius 2 is 2.00 bits per heavy atom. The highest BCUT2D eigenvalue weighted by molar-refractivity contribution is 9.13. The normalized spacial score (nSPS) is 11.0. The summed E-state index contributed by atoms with van der Waals surface area (Å²) in [4.78, 5) is 12.0. The van der Waals surface area contributed by atoms with Crippen molar-refractivity contribution in [2.75, 3.05) is 5.32 Å². The third kappa shape index (κ3) is 3.97. The van der Waals surface area contributed by atoms with E-state index in [1.54, 1.807) is 6.07 Å². The first-order valence-electron chi connectivity index (χ1n) is 5.66. The lowest BCUT2D eigenvalue weighted by atomic mass is 10.2. The van der Waals surface area contributed by atoms with Crippen LogP contribution in [0.15, 0.2) is 49.5 Å². The smallest absolute Gasteiger partial charge is 0.266 e. The van der Waals surface area contributed by atoms with Gasteiger partial charge in [-0.2, -0.15) is 5.26 Å². The van der Waals surface area contributed by atoms with E-state index in [0.717, 1.165) is 0 Å². The number of hydrogen-bond acceptors (Lipinski definition) is 4. The highest BCUT2D eigenvalue weighted by Gasteiger charge is 2.12. The predicted octanol–water partition coefficient (Wildman–Crippen LogP) is 4.06. The van der Waals surface area contributed by atoms with Crippen LogP contribution in [-0.4, -0.2) is 11.0 Å². The zero-order valence-corrected chi connectivity index (χ0v) is 13.6. The van der Waals surface area contributed by atoms with Crippen molar-refractivity contribution < 1.29 is 14.3 Å². The minimum Gasteiger partial charge on any atom is -0.508 e. The molecule has 2 N–H and O–H groups in total. The molecule has 1 aromatic heterocycles. The molecule has 0 fully saturated rings. The summed E-state index contributed by atoms with van der Waals surface area (Å²) in [5.41, 5.74) is 0.373. The van der Waals surface area contributed by atoms with Gasteiger partial charge >= 0.3 is 0 Å². The number of nitrogens with zero attached hydrogens (tertiary/aromatic N) is 1. The fourth-order valence-corrected chi connectivity index (χ4v) is 2.08. The van der Waals surface area contributed by atoms with E-state index in [2.05, 4.69) is 37.2 Å². The molecule has 1 heterocycles. The SMILES string of the molecule is N#C/C(=C/c1cc(Br)c(Br)o1)C(=O)Nc1ccc(O)cc1. The van der Waals surface area contributed by atoms with Crippen molar-refractivity contribution in [1.82, 2.24) is 0 Å². The van der Waals surface area contributed by atoms with Crippen LogP contribution in [-0.2, 0) is 4.79 Å². The van der Waals surface area contributed by atoms with E-state index < -0.39 is 5.91 Å². The van der Waals surface area contributed by atoms with Crippen LogP contribution < -0.4 is 5.32 Å². The van der Waals surface area contributed by atoms with E-state index in [1.165, 1.54) is 30.3 Å². The first-order valence-corrected chi connectivity index (χ1v) is 7.25. The number of carbonyl (C=O) groups excluding carboxylic acids is 1. The van der Waals surface area contributed by atoms with Gasteiger partial charge in [-0.05, 0) is 62.2 Å². The molecule has 21 heavy (non-hydrogen) atoms. The molecule has 2 rings (SSSR count). The van der Waals surface area contributed by atoms with Crippen molar-refractivity contribution in [3.63, 3.8) is 0 Å². The Bertz CT molecular complexity index is 723. The number of phenolic OH excluding ortho intramolecular Hbond substituents is 1. The molecule has 1 amide bonds. The monoisotopic (exact) mass is 410 g/mol. The molecule has 0 aliphatic heterocycles. The number of aromatic hydroxyl groups is 1. The van der Waals surface area contributed by atoms with Gasteiger partial charge < -0.3 is 14.8 Å². The van der Waals surface area contributed by atoms with Crippen molar-refractivity contribution >= 4 is 49.5 Å². The Morgan fingerprint density at radius 3 is 2.52 bits per heavy atom. The summed E-state index contributed by atoms with van der Waals surface area (Å²) >= 11 is 6.42. The number of rotatable bonds is 3. The van der Waals surface area contributed by atoms with Crippen LogP contribution in [0.4, 0.5) is 5.69 Å². The van der Waals surface area contributed by atoms with Gasteiger partial charge in [0.05, 0.1) is 4.47 Å². The van der Waals surface area contributed by atoms with Gasteiger partial charge in [-0.3, -0.25) is 4.79 Å². The Balaban J connectivity index is 2.19. The summed E-state index contributed by atoms with van der Waals surface area (Å²) in [6.45, 7) is 0. The lowest BCUT2D eigenvalue weighted by Gasteiger charge is -2.03. The summed E-state index contributed by atoms with van der Waals surface area (Å²) in [5.74, 6) is -0.104. The van der Waals surface area contributed by atoms with Crippen molar-refractivity contribution in [3.05, 3.63) is 50.8 Å². The average Bonchev–Trinajstić information content (AvgIpc) is 2.77. The van der Waals surface area contributed by atoms with Gasteiger partial charge in [0.2, 0.25) is 0 Å². The maximum absolute atomic E-state index is 12.0. The molecule has 0 atom stereocenters. The quantitative estimate of drug-likeness (QED) is 0.453. The van der Waals surface area contributed by atoms with Crippen LogP contribution >= 0.6 is 31.9 Å². The van der Waals surface area contributed by atoms with Crippen LogP contribution in [0.25, 0.3) is 6.08 Å². The molecule has 5 nitrogen and oxygen atoms in total. The second kappa shape index (κ2) is 6.61. The van der Waals surface area contributed by atoms with E-state index in [0.29, 0.717) is 20.6 Å². The first-order chi connectivity index (χ1) is 9.99. The molecule has 0 aliphatic rings.